The fourth-order valence-electron chi connectivity index (χ4n) is 2.70. The largest absolute Gasteiger partial charge is 0.507 e. The van der Waals surface area contributed by atoms with E-state index in [0.29, 0.717) is 5.69 Å². The third kappa shape index (κ3) is 2.20. The summed E-state index contributed by atoms with van der Waals surface area (Å²) in [6.07, 6.45) is 4.08. The number of rotatable bonds is 3. The van der Waals surface area contributed by atoms with Crippen molar-refractivity contribution in [1.82, 2.24) is 14.4 Å². The number of halogens is 1. The van der Waals surface area contributed by atoms with Gasteiger partial charge in [0.15, 0.2) is 5.82 Å². The first-order valence-electron chi connectivity index (χ1n) is 7.40. The summed E-state index contributed by atoms with van der Waals surface area (Å²) in [4.78, 5) is 21.3. The van der Waals surface area contributed by atoms with Crippen molar-refractivity contribution in [2.24, 2.45) is 0 Å². The molecule has 1 aromatic carbocycles. The quantitative estimate of drug-likeness (QED) is 0.748. The molecule has 0 unspecified atom stereocenters. The zero-order valence-electron chi connectivity index (χ0n) is 12.4. The Kier molecular flexibility index (Phi) is 3.06. The second-order valence-electron chi connectivity index (χ2n) is 5.73. The molecule has 0 saturated heterocycles. The first kappa shape index (κ1) is 14.3. The summed E-state index contributed by atoms with van der Waals surface area (Å²) < 4.78 is 14.9. The number of hydrogen-bond donors (Lipinski definition) is 1. The van der Waals surface area contributed by atoms with Crippen molar-refractivity contribution in [3.8, 4) is 11.8 Å². The molecule has 1 N–H and O–H groups in total. The standard InChI is InChI=1S/C17H11FN4O2/c18-12-7-20-17-21-14(9-1-2-9)15(22(17)8-12)16(24)10-3-4-13(23)11(5-10)6-19/h3-5,7-9,23H,1-2H2. The summed E-state index contributed by atoms with van der Waals surface area (Å²) in [5.74, 6) is -0.711. The van der Waals surface area contributed by atoms with Crippen LogP contribution in [0.25, 0.3) is 5.78 Å². The van der Waals surface area contributed by atoms with Gasteiger partial charge in [0.2, 0.25) is 11.6 Å². The number of aromatic nitrogens is 3. The van der Waals surface area contributed by atoms with Crippen molar-refractivity contribution in [3.05, 3.63) is 58.9 Å². The van der Waals surface area contributed by atoms with Gasteiger partial charge in [0, 0.05) is 11.5 Å². The maximum atomic E-state index is 13.6. The number of phenols is 1. The molecular weight excluding hydrogens is 311 g/mol. The third-order valence-electron chi connectivity index (χ3n) is 4.03. The highest BCUT2D eigenvalue weighted by Crippen LogP contribution is 2.41. The molecule has 24 heavy (non-hydrogen) atoms. The molecule has 2 heterocycles. The molecule has 0 radical (unpaired) electrons. The monoisotopic (exact) mass is 322 g/mol. The molecule has 6 nitrogen and oxygen atoms in total. The van der Waals surface area contributed by atoms with Crippen LogP contribution in [0.3, 0.4) is 0 Å². The van der Waals surface area contributed by atoms with Crippen LogP contribution in [0.2, 0.25) is 0 Å². The molecule has 1 fully saturated rings. The van der Waals surface area contributed by atoms with E-state index < -0.39 is 5.82 Å². The lowest BCUT2D eigenvalue weighted by Gasteiger charge is -2.05. The summed E-state index contributed by atoms with van der Waals surface area (Å²) in [6, 6.07) is 5.88. The van der Waals surface area contributed by atoms with Gasteiger partial charge in [0.25, 0.3) is 0 Å². The smallest absolute Gasteiger partial charge is 0.234 e. The average Bonchev–Trinajstić information content (AvgIpc) is 3.36. The van der Waals surface area contributed by atoms with Crippen LogP contribution in [0.15, 0.2) is 30.6 Å². The Morgan fingerprint density at radius 1 is 1.42 bits per heavy atom. The van der Waals surface area contributed by atoms with E-state index >= 15 is 0 Å². The average molecular weight is 322 g/mol. The Hall–Kier alpha value is -3.27. The second-order valence-corrected chi connectivity index (χ2v) is 5.73. The molecule has 1 aliphatic carbocycles. The van der Waals surface area contributed by atoms with Gasteiger partial charge in [-0.15, -0.1) is 0 Å². The number of phenolic OH excluding ortho intramolecular Hbond substituents is 1. The van der Waals surface area contributed by atoms with Crippen LogP contribution in [-0.2, 0) is 0 Å². The SMILES string of the molecule is N#Cc1cc(C(=O)c2c(C3CC3)nc3ncc(F)cn23)ccc1O. The molecule has 0 bridgehead atoms. The predicted molar refractivity (Wildman–Crippen MR) is 81.2 cm³/mol. The number of benzene rings is 1. The fourth-order valence-corrected chi connectivity index (χ4v) is 2.70. The number of ketones is 1. The van der Waals surface area contributed by atoms with E-state index in [4.69, 9.17) is 5.26 Å². The first-order chi connectivity index (χ1) is 11.6. The van der Waals surface area contributed by atoms with Crippen LogP contribution in [-0.4, -0.2) is 25.3 Å². The van der Waals surface area contributed by atoms with Gasteiger partial charge >= 0.3 is 0 Å². The maximum absolute atomic E-state index is 13.6. The molecule has 0 aliphatic heterocycles. The van der Waals surface area contributed by atoms with Gasteiger partial charge in [-0.2, -0.15) is 5.26 Å². The number of hydrogen-bond acceptors (Lipinski definition) is 5. The summed E-state index contributed by atoms with van der Waals surface area (Å²) in [7, 11) is 0. The normalized spacial score (nSPS) is 13.8. The Balaban J connectivity index is 1.92. The third-order valence-corrected chi connectivity index (χ3v) is 4.03. The Labute approximate surface area is 135 Å². The van der Waals surface area contributed by atoms with Crippen molar-refractivity contribution >= 4 is 11.6 Å². The Morgan fingerprint density at radius 3 is 2.92 bits per heavy atom. The minimum Gasteiger partial charge on any atom is -0.507 e. The van der Waals surface area contributed by atoms with Crippen molar-refractivity contribution in [3.63, 3.8) is 0 Å². The highest BCUT2D eigenvalue weighted by Gasteiger charge is 2.33. The number of nitriles is 1. The van der Waals surface area contributed by atoms with Crippen LogP contribution >= 0.6 is 0 Å². The van der Waals surface area contributed by atoms with Gasteiger partial charge < -0.3 is 5.11 Å². The molecule has 118 valence electrons. The number of carbonyl (C=O) groups excluding carboxylic acids is 1. The van der Waals surface area contributed by atoms with Crippen molar-refractivity contribution in [2.75, 3.05) is 0 Å². The lowest BCUT2D eigenvalue weighted by molar-refractivity contribution is 0.103. The first-order valence-corrected chi connectivity index (χ1v) is 7.40. The highest BCUT2D eigenvalue weighted by atomic mass is 19.1. The van der Waals surface area contributed by atoms with Crippen LogP contribution in [0, 0.1) is 17.1 Å². The molecule has 0 atom stereocenters. The molecule has 1 aliphatic rings. The van der Waals surface area contributed by atoms with E-state index in [1.165, 1.54) is 28.8 Å². The van der Waals surface area contributed by atoms with Crippen molar-refractivity contribution in [2.45, 2.75) is 18.8 Å². The highest BCUT2D eigenvalue weighted by molar-refractivity contribution is 6.09. The van der Waals surface area contributed by atoms with Gasteiger partial charge in [0.05, 0.1) is 23.7 Å². The van der Waals surface area contributed by atoms with Gasteiger partial charge in [-0.05, 0) is 31.0 Å². The molecule has 0 amide bonds. The summed E-state index contributed by atoms with van der Waals surface area (Å²) >= 11 is 0. The molecular formula is C17H11FN4O2. The summed E-state index contributed by atoms with van der Waals surface area (Å²) in [5, 5.41) is 18.6. The van der Waals surface area contributed by atoms with E-state index in [-0.39, 0.29) is 40.0 Å². The Bertz CT molecular complexity index is 1030. The van der Waals surface area contributed by atoms with Gasteiger partial charge in [-0.1, -0.05) is 0 Å². The fraction of sp³-hybridized carbons (Fsp3) is 0.176. The lowest BCUT2D eigenvalue weighted by Crippen LogP contribution is -2.09. The maximum Gasteiger partial charge on any atom is 0.234 e. The molecule has 3 aromatic rings. The van der Waals surface area contributed by atoms with Crippen molar-refractivity contribution < 1.29 is 14.3 Å². The van der Waals surface area contributed by atoms with E-state index in [2.05, 4.69) is 9.97 Å². The lowest BCUT2D eigenvalue weighted by atomic mass is 10.0. The van der Waals surface area contributed by atoms with Crippen LogP contribution in [0.4, 0.5) is 4.39 Å². The minimum absolute atomic E-state index is 0.00643. The van der Waals surface area contributed by atoms with Gasteiger partial charge in [-0.3, -0.25) is 9.20 Å². The number of aromatic hydroxyl groups is 1. The van der Waals surface area contributed by atoms with E-state index in [1.807, 2.05) is 6.07 Å². The van der Waals surface area contributed by atoms with E-state index in [0.717, 1.165) is 19.0 Å². The number of carbonyl (C=O) groups is 1. The molecule has 0 spiro atoms. The van der Waals surface area contributed by atoms with E-state index in [9.17, 15) is 14.3 Å². The van der Waals surface area contributed by atoms with Gasteiger partial charge in [0.1, 0.15) is 17.5 Å². The zero-order valence-corrected chi connectivity index (χ0v) is 12.4. The number of nitrogens with zero attached hydrogens (tertiary/aromatic N) is 4. The molecule has 4 rings (SSSR count). The number of imidazole rings is 1. The Morgan fingerprint density at radius 2 is 2.21 bits per heavy atom. The second kappa shape index (κ2) is 5.13. The van der Waals surface area contributed by atoms with Crippen LogP contribution in [0.5, 0.6) is 5.75 Å². The minimum atomic E-state index is -0.570. The van der Waals surface area contributed by atoms with Crippen LogP contribution < -0.4 is 0 Å². The molecule has 7 heteroatoms. The summed E-state index contributed by atoms with van der Waals surface area (Å²) in [6.45, 7) is 0. The predicted octanol–water partition coefficient (Wildman–Crippen LogP) is 2.55. The zero-order chi connectivity index (χ0) is 16.8. The molecule has 1 saturated carbocycles. The van der Waals surface area contributed by atoms with E-state index in [1.54, 1.807) is 0 Å². The summed E-state index contributed by atoms with van der Waals surface area (Å²) in [5.41, 5.74) is 1.10. The molecule has 2 aromatic heterocycles. The topological polar surface area (TPSA) is 91.3 Å². The van der Waals surface area contributed by atoms with Crippen molar-refractivity contribution in [1.29, 1.82) is 5.26 Å². The van der Waals surface area contributed by atoms with Crippen LogP contribution in [0.1, 0.15) is 46.1 Å². The van der Waals surface area contributed by atoms with Gasteiger partial charge in [-0.25, -0.2) is 14.4 Å². The number of fused-ring (bicyclic) bond motifs is 1.